The summed E-state index contributed by atoms with van der Waals surface area (Å²) in [7, 11) is -3.63. The average molecular weight is 296 g/mol. The van der Waals surface area contributed by atoms with Crippen LogP contribution in [0, 0.1) is 5.92 Å². The smallest absolute Gasteiger partial charge is 0.328 e. The Bertz CT molecular complexity index is 667. The van der Waals surface area contributed by atoms with Crippen molar-refractivity contribution in [1.29, 1.82) is 0 Å². The molecule has 2 N–H and O–H groups in total. The van der Waals surface area contributed by atoms with E-state index in [9.17, 15) is 18.3 Å². The minimum atomic E-state index is -3.63. The Morgan fingerprint density at radius 1 is 1.40 bits per heavy atom. The van der Waals surface area contributed by atoms with Crippen molar-refractivity contribution < 1.29 is 18.3 Å². The molecule has 20 heavy (non-hydrogen) atoms. The standard InChI is InChI=1S/C13H16N2O4S/c1-3-8(2)11(13(16)17)14-12-9-6-4-5-7-10(9)20(18,19)15-12/h4-8,11H,3H2,1-2H3,(H,14,15)(H,16,17)/t8-,11+/m0/s1. The highest BCUT2D eigenvalue weighted by atomic mass is 32.2. The van der Waals surface area contributed by atoms with E-state index in [0.717, 1.165) is 0 Å². The largest absolute Gasteiger partial charge is 0.480 e. The molecular weight excluding hydrogens is 280 g/mol. The molecule has 2 atom stereocenters. The van der Waals surface area contributed by atoms with Crippen LogP contribution < -0.4 is 4.72 Å². The topological polar surface area (TPSA) is 95.8 Å². The summed E-state index contributed by atoms with van der Waals surface area (Å²) in [4.78, 5) is 15.5. The van der Waals surface area contributed by atoms with Crippen LogP contribution in [-0.4, -0.2) is 31.4 Å². The molecule has 0 saturated carbocycles. The monoisotopic (exact) mass is 296 g/mol. The maximum atomic E-state index is 11.9. The number of hydrogen-bond donors (Lipinski definition) is 2. The normalized spacial score (nSPS) is 21.0. The number of aliphatic carboxylic acids is 1. The summed E-state index contributed by atoms with van der Waals surface area (Å²) < 4.78 is 26.1. The molecule has 2 rings (SSSR count). The van der Waals surface area contributed by atoms with Crippen molar-refractivity contribution >= 4 is 21.8 Å². The summed E-state index contributed by atoms with van der Waals surface area (Å²) >= 11 is 0. The number of carbonyl (C=O) groups is 1. The van der Waals surface area contributed by atoms with Crippen molar-refractivity contribution in [2.24, 2.45) is 10.9 Å². The second kappa shape index (κ2) is 5.24. The summed E-state index contributed by atoms with van der Waals surface area (Å²) in [5.74, 6) is -1.14. The van der Waals surface area contributed by atoms with E-state index in [1.165, 1.54) is 6.07 Å². The number of rotatable bonds is 4. The molecule has 1 heterocycles. The van der Waals surface area contributed by atoms with Gasteiger partial charge in [0.05, 0.1) is 4.90 Å². The maximum absolute atomic E-state index is 11.9. The first kappa shape index (κ1) is 14.5. The van der Waals surface area contributed by atoms with Crippen LogP contribution >= 0.6 is 0 Å². The van der Waals surface area contributed by atoms with Crippen molar-refractivity contribution in [2.45, 2.75) is 31.2 Å². The number of carboxylic acids is 1. The Morgan fingerprint density at radius 2 is 2.05 bits per heavy atom. The number of hydrogen-bond acceptors (Lipinski definition) is 4. The fourth-order valence-corrected chi connectivity index (χ4v) is 3.26. The van der Waals surface area contributed by atoms with Gasteiger partial charge in [0.1, 0.15) is 5.84 Å². The van der Waals surface area contributed by atoms with Crippen LogP contribution in [0.15, 0.2) is 34.2 Å². The number of nitrogens with zero attached hydrogens (tertiary/aromatic N) is 1. The van der Waals surface area contributed by atoms with E-state index in [4.69, 9.17) is 0 Å². The average Bonchev–Trinajstić information content (AvgIpc) is 2.67. The number of nitrogens with one attached hydrogen (secondary N) is 1. The third-order valence-corrected chi connectivity index (χ3v) is 4.76. The van der Waals surface area contributed by atoms with Crippen molar-refractivity contribution in [3.63, 3.8) is 0 Å². The van der Waals surface area contributed by atoms with Gasteiger partial charge in [-0.15, -0.1) is 0 Å². The molecule has 108 valence electrons. The Balaban J connectivity index is 2.49. The minimum Gasteiger partial charge on any atom is -0.480 e. The Morgan fingerprint density at radius 3 is 2.65 bits per heavy atom. The molecule has 0 amide bonds. The zero-order valence-electron chi connectivity index (χ0n) is 11.2. The van der Waals surface area contributed by atoms with Gasteiger partial charge in [0.2, 0.25) is 0 Å². The zero-order valence-corrected chi connectivity index (χ0v) is 12.0. The maximum Gasteiger partial charge on any atom is 0.328 e. The van der Waals surface area contributed by atoms with E-state index in [1.54, 1.807) is 25.1 Å². The second-order valence-corrected chi connectivity index (χ2v) is 6.40. The number of fused-ring (bicyclic) bond motifs is 1. The van der Waals surface area contributed by atoms with E-state index in [2.05, 4.69) is 9.71 Å². The molecule has 0 bridgehead atoms. The molecule has 7 heteroatoms. The predicted octanol–water partition coefficient (Wildman–Crippen LogP) is 1.22. The molecule has 0 aromatic heterocycles. The lowest BCUT2D eigenvalue weighted by molar-refractivity contribution is -0.139. The third kappa shape index (κ3) is 2.53. The van der Waals surface area contributed by atoms with Crippen molar-refractivity contribution in [3.05, 3.63) is 29.8 Å². The number of aliphatic imine (C=N–C) groups is 1. The van der Waals surface area contributed by atoms with Crippen LogP contribution in [0.3, 0.4) is 0 Å². The first-order valence-corrected chi connectivity index (χ1v) is 7.78. The number of amidine groups is 1. The van der Waals surface area contributed by atoms with Gasteiger partial charge in [0.25, 0.3) is 10.0 Å². The molecule has 1 aromatic carbocycles. The summed E-state index contributed by atoms with van der Waals surface area (Å²) in [6, 6.07) is 5.42. The number of benzene rings is 1. The summed E-state index contributed by atoms with van der Waals surface area (Å²) in [5.41, 5.74) is 0.419. The van der Waals surface area contributed by atoms with Crippen LogP contribution in [0.2, 0.25) is 0 Å². The van der Waals surface area contributed by atoms with Crippen LogP contribution in [0.4, 0.5) is 0 Å². The van der Waals surface area contributed by atoms with Gasteiger partial charge in [0.15, 0.2) is 6.04 Å². The lowest BCUT2D eigenvalue weighted by Crippen LogP contribution is -2.30. The van der Waals surface area contributed by atoms with Crippen LogP contribution in [-0.2, 0) is 14.8 Å². The highest BCUT2D eigenvalue weighted by Crippen LogP contribution is 2.23. The van der Waals surface area contributed by atoms with Gasteiger partial charge >= 0.3 is 5.97 Å². The molecular formula is C13H16N2O4S. The first-order valence-electron chi connectivity index (χ1n) is 6.29. The van der Waals surface area contributed by atoms with Gasteiger partial charge in [-0.1, -0.05) is 32.4 Å². The highest BCUT2D eigenvalue weighted by molar-refractivity contribution is 7.90. The van der Waals surface area contributed by atoms with Crippen LogP contribution in [0.1, 0.15) is 25.8 Å². The molecule has 0 radical (unpaired) electrons. The predicted molar refractivity (Wildman–Crippen MR) is 74.2 cm³/mol. The molecule has 1 aliphatic heterocycles. The molecule has 0 aliphatic carbocycles. The van der Waals surface area contributed by atoms with Gasteiger partial charge in [-0.05, 0) is 18.1 Å². The van der Waals surface area contributed by atoms with Gasteiger partial charge < -0.3 is 5.11 Å². The van der Waals surface area contributed by atoms with Gasteiger partial charge in [-0.2, -0.15) is 0 Å². The van der Waals surface area contributed by atoms with Gasteiger partial charge in [-0.3, -0.25) is 9.71 Å². The Hall–Kier alpha value is -1.89. The van der Waals surface area contributed by atoms with Crippen LogP contribution in [0.25, 0.3) is 0 Å². The number of sulfonamides is 1. The molecule has 6 nitrogen and oxygen atoms in total. The number of carboxylic acid groups (broad SMARTS) is 1. The van der Waals surface area contributed by atoms with E-state index >= 15 is 0 Å². The summed E-state index contributed by atoms with van der Waals surface area (Å²) in [5, 5.41) is 9.23. The summed E-state index contributed by atoms with van der Waals surface area (Å²) in [6.45, 7) is 3.64. The van der Waals surface area contributed by atoms with E-state index < -0.39 is 22.0 Å². The van der Waals surface area contributed by atoms with E-state index in [0.29, 0.717) is 12.0 Å². The zero-order chi connectivity index (χ0) is 14.9. The quantitative estimate of drug-likeness (QED) is 0.873. The van der Waals surface area contributed by atoms with Crippen molar-refractivity contribution in [2.75, 3.05) is 0 Å². The fraction of sp³-hybridized carbons (Fsp3) is 0.385. The Labute approximate surface area is 117 Å². The van der Waals surface area contributed by atoms with E-state index in [-0.39, 0.29) is 16.6 Å². The molecule has 1 aromatic rings. The van der Waals surface area contributed by atoms with Gasteiger partial charge in [-0.25, -0.2) is 13.2 Å². The molecule has 0 saturated heterocycles. The van der Waals surface area contributed by atoms with Gasteiger partial charge in [0, 0.05) is 5.56 Å². The minimum absolute atomic E-state index is 0.105. The van der Waals surface area contributed by atoms with Crippen molar-refractivity contribution in [3.8, 4) is 0 Å². The second-order valence-electron chi connectivity index (χ2n) is 4.75. The molecule has 0 spiro atoms. The lowest BCUT2D eigenvalue weighted by atomic mass is 10.00. The third-order valence-electron chi connectivity index (χ3n) is 3.37. The van der Waals surface area contributed by atoms with Crippen LogP contribution in [0.5, 0.6) is 0 Å². The fourth-order valence-electron chi connectivity index (χ4n) is 2.02. The molecule has 0 unspecified atom stereocenters. The first-order chi connectivity index (χ1) is 9.36. The Kier molecular flexibility index (Phi) is 3.80. The molecule has 1 aliphatic rings. The molecule has 0 fully saturated rings. The SMILES string of the molecule is CC[C@H](C)[C@@H](N=C1NS(=O)(=O)c2ccccc21)C(=O)O. The highest BCUT2D eigenvalue weighted by Gasteiger charge is 2.32. The van der Waals surface area contributed by atoms with E-state index in [1.807, 2.05) is 6.92 Å². The summed E-state index contributed by atoms with van der Waals surface area (Å²) in [6.07, 6.45) is 0.641. The lowest BCUT2D eigenvalue weighted by Gasteiger charge is -2.15. The van der Waals surface area contributed by atoms with Crippen molar-refractivity contribution in [1.82, 2.24) is 4.72 Å².